The van der Waals surface area contributed by atoms with E-state index in [1.54, 1.807) is 44.2 Å². The van der Waals surface area contributed by atoms with E-state index in [9.17, 15) is 18.0 Å². The lowest BCUT2D eigenvalue weighted by molar-refractivity contribution is -0.140. The second-order valence-electron chi connectivity index (χ2n) is 9.02. The number of rotatable bonds is 11. The summed E-state index contributed by atoms with van der Waals surface area (Å²) in [6, 6.07) is 18.0. The Balaban J connectivity index is 2.11. The number of sulfonamides is 1. The summed E-state index contributed by atoms with van der Waals surface area (Å²) in [7, 11) is -3.92. The Morgan fingerprint density at radius 3 is 2.18 bits per heavy atom. The molecule has 0 aliphatic heterocycles. The summed E-state index contributed by atoms with van der Waals surface area (Å²) in [4.78, 5) is 28.8. The van der Waals surface area contributed by atoms with Gasteiger partial charge in [0.15, 0.2) is 0 Å². The van der Waals surface area contributed by atoms with E-state index in [0.717, 1.165) is 16.1 Å². The van der Waals surface area contributed by atoms with Crippen molar-refractivity contribution in [3.63, 3.8) is 0 Å². The number of hydrogen-bond donors (Lipinski definition) is 1. The molecule has 3 rings (SSSR count). The van der Waals surface area contributed by atoms with E-state index in [-0.39, 0.29) is 24.6 Å². The predicted octanol–water partition coefficient (Wildman–Crippen LogP) is 5.50. The largest absolute Gasteiger partial charge is 0.355 e. The summed E-state index contributed by atoms with van der Waals surface area (Å²) in [5.41, 5.74) is 2.15. The van der Waals surface area contributed by atoms with Gasteiger partial charge in [0, 0.05) is 40.1 Å². The van der Waals surface area contributed by atoms with Crippen LogP contribution in [0.25, 0.3) is 0 Å². The topological polar surface area (TPSA) is 86.8 Å². The summed E-state index contributed by atoms with van der Waals surface area (Å²) in [5.74, 6) is -0.995. The zero-order valence-corrected chi connectivity index (χ0v) is 24.9. The molecule has 0 bridgehead atoms. The predicted molar refractivity (Wildman–Crippen MR) is 158 cm³/mol. The molecule has 0 aliphatic carbocycles. The van der Waals surface area contributed by atoms with Gasteiger partial charge in [-0.3, -0.25) is 13.9 Å². The first kappa shape index (κ1) is 30.8. The Morgan fingerprint density at radius 2 is 1.59 bits per heavy atom. The smallest absolute Gasteiger partial charge is 0.244 e. The quantitative estimate of drug-likeness (QED) is 0.311. The molecule has 0 unspecified atom stereocenters. The minimum atomic E-state index is -3.92. The van der Waals surface area contributed by atoms with E-state index in [2.05, 4.69) is 5.32 Å². The van der Waals surface area contributed by atoms with Gasteiger partial charge in [-0.2, -0.15) is 0 Å². The molecule has 1 N–H and O–H groups in total. The molecule has 39 heavy (non-hydrogen) atoms. The fourth-order valence-corrected chi connectivity index (χ4v) is 5.73. The van der Waals surface area contributed by atoms with Crippen LogP contribution in [0, 0.1) is 6.92 Å². The fourth-order valence-electron chi connectivity index (χ4n) is 4.15. The van der Waals surface area contributed by atoms with Gasteiger partial charge in [0.05, 0.1) is 11.9 Å². The lowest BCUT2D eigenvalue weighted by atomic mass is 10.0. The highest BCUT2D eigenvalue weighted by Gasteiger charge is 2.34. The zero-order chi connectivity index (χ0) is 28.7. The first-order valence-corrected chi connectivity index (χ1v) is 15.2. The van der Waals surface area contributed by atoms with E-state index >= 15 is 0 Å². The van der Waals surface area contributed by atoms with Crippen molar-refractivity contribution in [2.75, 3.05) is 23.7 Å². The molecule has 0 saturated heterocycles. The van der Waals surface area contributed by atoms with Gasteiger partial charge in [-0.25, -0.2) is 8.42 Å². The van der Waals surface area contributed by atoms with Crippen LogP contribution in [0.3, 0.4) is 0 Å². The number of anilines is 1. The zero-order valence-electron chi connectivity index (χ0n) is 21.8. The van der Waals surface area contributed by atoms with Crippen molar-refractivity contribution in [3.8, 4) is 0 Å². The summed E-state index contributed by atoms with van der Waals surface area (Å²) in [6.45, 7) is 3.17. The number of aryl methyl sites for hydroxylation is 1. The second-order valence-corrected chi connectivity index (χ2v) is 12.2. The van der Waals surface area contributed by atoms with Crippen molar-refractivity contribution in [1.29, 1.82) is 0 Å². The molecule has 11 heteroatoms. The molecule has 2 amide bonds. The summed E-state index contributed by atoms with van der Waals surface area (Å²) in [6.07, 6.45) is 1.21. The number of nitrogens with zero attached hydrogens (tertiary/aromatic N) is 2. The molecule has 0 saturated carbocycles. The van der Waals surface area contributed by atoms with E-state index in [1.165, 1.54) is 11.0 Å². The number of carbonyl (C=O) groups excluding carboxylic acids is 2. The average molecular weight is 611 g/mol. The molecule has 1 atom stereocenters. The van der Waals surface area contributed by atoms with E-state index in [0.29, 0.717) is 32.7 Å². The fraction of sp³-hybridized carbons (Fsp3) is 0.286. The third-order valence-corrected chi connectivity index (χ3v) is 8.20. The van der Waals surface area contributed by atoms with Crippen molar-refractivity contribution in [2.45, 2.75) is 32.9 Å². The Morgan fingerprint density at radius 1 is 0.949 bits per heavy atom. The van der Waals surface area contributed by atoms with Crippen molar-refractivity contribution in [2.24, 2.45) is 0 Å². The Labute approximate surface area is 244 Å². The number of halogens is 3. The molecule has 3 aromatic rings. The van der Waals surface area contributed by atoms with Crippen molar-refractivity contribution < 1.29 is 18.0 Å². The van der Waals surface area contributed by atoms with Gasteiger partial charge < -0.3 is 10.2 Å². The standard InChI is InChI=1S/C28H30Cl3N3O4S/c1-4-32-28(36)26(15-20-9-6-5-7-10-20)33(17-22-23(30)11-8-12-24(22)31)27(35)18-34(39(3,37)38)25-16-21(29)14-13-19(25)2/h5-14,16,26H,4,15,17-18H2,1-3H3,(H,32,36)/t26-/m1/s1. The maximum absolute atomic E-state index is 14.1. The monoisotopic (exact) mass is 609 g/mol. The first-order valence-electron chi connectivity index (χ1n) is 12.2. The Kier molecular flexibility index (Phi) is 10.7. The Hall–Kier alpha value is -2.78. The number of hydrogen-bond acceptors (Lipinski definition) is 4. The van der Waals surface area contributed by atoms with Crippen LogP contribution in [0.1, 0.15) is 23.6 Å². The van der Waals surface area contributed by atoms with Gasteiger partial charge in [-0.05, 0) is 49.2 Å². The van der Waals surface area contributed by atoms with E-state index in [4.69, 9.17) is 34.8 Å². The summed E-state index contributed by atoms with van der Waals surface area (Å²) >= 11 is 19.1. The van der Waals surface area contributed by atoms with Gasteiger partial charge in [0.2, 0.25) is 21.8 Å². The SMILES string of the molecule is CCNC(=O)[C@@H](Cc1ccccc1)N(Cc1c(Cl)cccc1Cl)C(=O)CN(c1cc(Cl)ccc1C)S(C)(=O)=O. The van der Waals surface area contributed by atoms with Crippen LogP contribution in [-0.2, 0) is 32.6 Å². The molecule has 208 valence electrons. The number of amides is 2. The molecular weight excluding hydrogens is 581 g/mol. The maximum Gasteiger partial charge on any atom is 0.244 e. The molecule has 0 heterocycles. The number of likely N-dealkylation sites (N-methyl/N-ethyl adjacent to an activating group) is 1. The number of nitrogens with one attached hydrogen (secondary N) is 1. The van der Waals surface area contributed by atoms with Crippen LogP contribution in [0.15, 0.2) is 66.7 Å². The highest BCUT2D eigenvalue weighted by atomic mass is 35.5. The van der Waals surface area contributed by atoms with E-state index in [1.807, 2.05) is 30.3 Å². The molecule has 0 spiro atoms. The third kappa shape index (κ3) is 8.11. The highest BCUT2D eigenvalue weighted by molar-refractivity contribution is 7.92. The van der Waals surface area contributed by atoms with E-state index < -0.39 is 28.5 Å². The van der Waals surface area contributed by atoms with Crippen LogP contribution in [0.4, 0.5) is 5.69 Å². The lowest BCUT2D eigenvalue weighted by Crippen LogP contribution is -2.53. The van der Waals surface area contributed by atoms with Gasteiger partial charge in [-0.1, -0.05) is 77.3 Å². The second kappa shape index (κ2) is 13.5. The van der Waals surface area contributed by atoms with Crippen LogP contribution in [-0.4, -0.2) is 50.5 Å². The molecular formula is C28H30Cl3N3O4S. The van der Waals surface area contributed by atoms with Crippen molar-refractivity contribution >= 4 is 62.3 Å². The van der Waals surface area contributed by atoms with Crippen LogP contribution >= 0.6 is 34.8 Å². The Bertz CT molecular complexity index is 1410. The van der Waals surface area contributed by atoms with Gasteiger partial charge >= 0.3 is 0 Å². The van der Waals surface area contributed by atoms with Crippen LogP contribution in [0.5, 0.6) is 0 Å². The van der Waals surface area contributed by atoms with Crippen LogP contribution in [0.2, 0.25) is 15.1 Å². The van der Waals surface area contributed by atoms with Gasteiger partial charge in [0.25, 0.3) is 0 Å². The molecule has 0 aromatic heterocycles. The lowest BCUT2D eigenvalue weighted by Gasteiger charge is -2.34. The van der Waals surface area contributed by atoms with Crippen molar-refractivity contribution in [3.05, 3.63) is 98.5 Å². The number of benzene rings is 3. The average Bonchev–Trinajstić information content (AvgIpc) is 2.87. The molecule has 3 aromatic carbocycles. The normalized spacial score (nSPS) is 12.1. The molecule has 0 aliphatic rings. The summed E-state index contributed by atoms with van der Waals surface area (Å²) in [5, 5.41) is 3.76. The number of carbonyl (C=O) groups is 2. The maximum atomic E-state index is 14.1. The minimum absolute atomic E-state index is 0.113. The van der Waals surface area contributed by atoms with Gasteiger partial charge in [-0.15, -0.1) is 0 Å². The molecule has 7 nitrogen and oxygen atoms in total. The molecule has 0 radical (unpaired) electrons. The highest BCUT2D eigenvalue weighted by Crippen LogP contribution is 2.29. The summed E-state index contributed by atoms with van der Waals surface area (Å²) < 4.78 is 26.8. The minimum Gasteiger partial charge on any atom is -0.355 e. The molecule has 0 fully saturated rings. The van der Waals surface area contributed by atoms with Gasteiger partial charge in [0.1, 0.15) is 12.6 Å². The third-order valence-electron chi connectivity index (χ3n) is 6.13. The van der Waals surface area contributed by atoms with Crippen LogP contribution < -0.4 is 9.62 Å². The van der Waals surface area contributed by atoms with Crippen molar-refractivity contribution in [1.82, 2.24) is 10.2 Å². The first-order chi connectivity index (χ1) is 18.4.